The van der Waals surface area contributed by atoms with Gasteiger partial charge in [0.2, 0.25) is 0 Å². The smallest absolute Gasteiger partial charge is 0.142 e. The molecule has 6 heteroatoms. The second-order valence-electron chi connectivity index (χ2n) is 9.66. The van der Waals surface area contributed by atoms with Crippen molar-refractivity contribution >= 4 is 5.69 Å². The highest BCUT2D eigenvalue weighted by molar-refractivity contribution is 5.58. The molecule has 2 aromatic rings. The lowest BCUT2D eigenvalue weighted by Crippen LogP contribution is -2.48. The SMILES string of the molecule is CON[C@H](C1CCCCC1)[C@H](CCN1CCN(c2ccccc2OC)CC1)c1ccccc1F. The molecule has 34 heavy (non-hydrogen) atoms. The van der Waals surface area contributed by atoms with Crippen molar-refractivity contribution < 1.29 is 14.0 Å². The van der Waals surface area contributed by atoms with Gasteiger partial charge in [0, 0.05) is 38.1 Å². The van der Waals surface area contributed by atoms with Gasteiger partial charge in [-0.15, -0.1) is 0 Å². The highest BCUT2D eigenvalue weighted by atomic mass is 19.1. The topological polar surface area (TPSA) is 37.0 Å². The molecule has 1 heterocycles. The van der Waals surface area contributed by atoms with Crippen molar-refractivity contribution in [2.75, 3.05) is 51.8 Å². The number of methoxy groups -OCH3 is 1. The molecule has 0 amide bonds. The number of rotatable bonds is 10. The molecule has 0 spiro atoms. The van der Waals surface area contributed by atoms with Gasteiger partial charge in [-0.25, -0.2) is 4.39 Å². The van der Waals surface area contributed by atoms with Gasteiger partial charge in [0.15, 0.2) is 0 Å². The second-order valence-corrected chi connectivity index (χ2v) is 9.66. The van der Waals surface area contributed by atoms with Crippen LogP contribution in [0.3, 0.4) is 0 Å². The first kappa shape index (κ1) is 25.0. The summed E-state index contributed by atoms with van der Waals surface area (Å²) in [6.07, 6.45) is 7.08. The number of piperazine rings is 1. The Morgan fingerprint density at radius 2 is 1.65 bits per heavy atom. The third kappa shape index (κ3) is 6.09. The Balaban J connectivity index is 1.43. The van der Waals surface area contributed by atoms with Crippen molar-refractivity contribution in [3.63, 3.8) is 0 Å². The number of nitrogens with one attached hydrogen (secondary N) is 1. The number of halogens is 1. The predicted octanol–water partition coefficient (Wildman–Crippen LogP) is 5.23. The van der Waals surface area contributed by atoms with E-state index < -0.39 is 0 Å². The number of hydrogen-bond acceptors (Lipinski definition) is 5. The standard InChI is InChI=1S/C28H40FN3O2/c1-33-27-15-9-8-14-26(27)32-20-18-31(19-21-32)17-16-24(23-12-6-7-13-25(23)29)28(30-34-2)22-10-4-3-5-11-22/h6-9,12-15,22,24,28,30H,3-5,10-11,16-21H2,1-2H3/t24-,28-/m1/s1. The molecule has 2 aliphatic rings. The van der Waals surface area contributed by atoms with Crippen LogP contribution in [0.2, 0.25) is 0 Å². The van der Waals surface area contributed by atoms with Crippen LogP contribution in [0.25, 0.3) is 0 Å². The van der Waals surface area contributed by atoms with Gasteiger partial charge < -0.3 is 14.5 Å². The summed E-state index contributed by atoms with van der Waals surface area (Å²) in [5, 5.41) is 0. The van der Waals surface area contributed by atoms with E-state index in [1.807, 2.05) is 24.3 Å². The zero-order valence-electron chi connectivity index (χ0n) is 20.7. The summed E-state index contributed by atoms with van der Waals surface area (Å²) >= 11 is 0. The molecule has 186 valence electrons. The lowest BCUT2D eigenvalue weighted by atomic mass is 9.75. The minimum Gasteiger partial charge on any atom is -0.495 e. The van der Waals surface area contributed by atoms with Gasteiger partial charge in [-0.3, -0.25) is 4.90 Å². The van der Waals surface area contributed by atoms with Gasteiger partial charge in [-0.1, -0.05) is 49.6 Å². The highest BCUT2D eigenvalue weighted by Crippen LogP contribution is 2.37. The van der Waals surface area contributed by atoms with Crippen molar-refractivity contribution in [3.8, 4) is 5.75 Å². The Morgan fingerprint density at radius 3 is 2.35 bits per heavy atom. The molecule has 2 atom stereocenters. The molecule has 0 bridgehead atoms. The van der Waals surface area contributed by atoms with E-state index in [1.165, 1.54) is 32.1 Å². The van der Waals surface area contributed by atoms with Gasteiger partial charge in [-0.05, 0) is 55.5 Å². The Bertz CT molecular complexity index is 881. The highest BCUT2D eigenvalue weighted by Gasteiger charge is 2.33. The quantitative estimate of drug-likeness (QED) is 0.482. The summed E-state index contributed by atoms with van der Waals surface area (Å²) in [6, 6.07) is 15.7. The van der Waals surface area contributed by atoms with Crippen molar-refractivity contribution in [2.45, 2.75) is 50.5 Å². The molecule has 1 aliphatic carbocycles. The number of hydrogen-bond donors (Lipinski definition) is 1. The van der Waals surface area contributed by atoms with E-state index in [2.05, 4.69) is 27.4 Å². The lowest BCUT2D eigenvalue weighted by molar-refractivity contribution is 0.0204. The number of ether oxygens (including phenoxy) is 1. The molecule has 0 radical (unpaired) electrons. The lowest BCUT2D eigenvalue weighted by Gasteiger charge is -2.39. The Hall–Kier alpha value is -2.15. The van der Waals surface area contributed by atoms with Crippen molar-refractivity contribution in [2.24, 2.45) is 5.92 Å². The fourth-order valence-corrected chi connectivity index (χ4v) is 5.87. The summed E-state index contributed by atoms with van der Waals surface area (Å²) in [5.74, 6) is 1.42. The van der Waals surface area contributed by atoms with Gasteiger partial charge in [-0.2, -0.15) is 5.48 Å². The molecule has 1 aliphatic heterocycles. The Kier molecular flexibility index (Phi) is 9.19. The summed E-state index contributed by atoms with van der Waals surface area (Å²) in [7, 11) is 3.42. The molecule has 2 fully saturated rings. The van der Waals surface area contributed by atoms with Crippen molar-refractivity contribution in [1.29, 1.82) is 0 Å². The van der Waals surface area contributed by atoms with E-state index >= 15 is 0 Å². The molecule has 0 unspecified atom stereocenters. The van der Waals surface area contributed by atoms with Crippen LogP contribution in [0.4, 0.5) is 10.1 Å². The molecule has 1 N–H and O–H groups in total. The fourth-order valence-electron chi connectivity index (χ4n) is 5.87. The molecule has 1 saturated carbocycles. The van der Waals surface area contributed by atoms with Gasteiger partial charge in [0.25, 0.3) is 0 Å². The van der Waals surface area contributed by atoms with Crippen LogP contribution in [-0.2, 0) is 4.84 Å². The molecule has 1 saturated heterocycles. The van der Waals surface area contributed by atoms with E-state index in [1.54, 1.807) is 26.4 Å². The van der Waals surface area contributed by atoms with Crippen LogP contribution in [0, 0.1) is 11.7 Å². The van der Waals surface area contributed by atoms with Crippen molar-refractivity contribution in [1.82, 2.24) is 10.4 Å². The minimum absolute atomic E-state index is 0.0801. The van der Waals surface area contributed by atoms with Crippen LogP contribution in [0.5, 0.6) is 5.75 Å². The van der Waals surface area contributed by atoms with Crippen LogP contribution < -0.4 is 15.1 Å². The number of nitrogens with zero attached hydrogens (tertiary/aromatic N) is 2. The summed E-state index contributed by atoms with van der Waals surface area (Å²) in [6.45, 7) is 4.87. The Labute approximate surface area is 204 Å². The van der Waals surface area contributed by atoms with E-state index in [0.717, 1.165) is 56.1 Å². The molecule has 5 nitrogen and oxygen atoms in total. The normalized spacial score (nSPS) is 19.7. The maximum absolute atomic E-state index is 15.0. The van der Waals surface area contributed by atoms with Crippen molar-refractivity contribution in [3.05, 3.63) is 59.9 Å². The first-order valence-electron chi connectivity index (χ1n) is 12.8. The summed E-state index contributed by atoms with van der Waals surface area (Å²) < 4.78 is 20.5. The van der Waals surface area contributed by atoms with E-state index in [-0.39, 0.29) is 17.8 Å². The second kappa shape index (κ2) is 12.5. The monoisotopic (exact) mass is 469 g/mol. The summed E-state index contributed by atoms with van der Waals surface area (Å²) in [5.41, 5.74) is 5.28. The third-order valence-corrected chi connectivity index (χ3v) is 7.70. The first-order chi connectivity index (χ1) is 16.7. The fraction of sp³-hybridized carbons (Fsp3) is 0.571. The average Bonchev–Trinajstić information content (AvgIpc) is 2.90. The van der Waals surface area contributed by atoms with Crippen LogP contribution in [0.1, 0.15) is 50.0 Å². The largest absolute Gasteiger partial charge is 0.495 e. The average molecular weight is 470 g/mol. The molecule has 2 aromatic carbocycles. The third-order valence-electron chi connectivity index (χ3n) is 7.70. The van der Waals surface area contributed by atoms with Gasteiger partial charge in [0.05, 0.1) is 19.9 Å². The first-order valence-corrected chi connectivity index (χ1v) is 12.8. The van der Waals surface area contributed by atoms with E-state index in [9.17, 15) is 4.39 Å². The zero-order valence-corrected chi connectivity index (χ0v) is 20.7. The van der Waals surface area contributed by atoms with Crippen LogP contribution in [-0.4, -0.2) is 57.9 Å². The van der Waals surface area contributed by atoms with Gasteiger partial charge in [0.1, 0.15) is 11.6 Å². The molecule has 4 rings (SSSR count). The van der Waals surface area contributed by atoms with Gasteiger partial charge >= 0.3 is 0 Å². The van der Waals surface area contributed by atoms with E-state index in [4.69, 9.17) is 9.57 Å². The van der Waals surface area contributed by atoms with E-state index in [0.29, 0.717) is 5.92 Å². The zero-order chi connectivity index (χ0) is 23.8. The van der Waals surface area contributed by atoms with Crippen LogP contribution in [0.15, 0.2) is 48.5 Å². The molecular weight excluding hydrogens is 429 g/mol. The molecular formula is C28H40FN3O2. The summed E-state index contributed by atoms with van der Waals surface area (Å²) in [4.78, 5) is 10.4. The molecule has 0 aromatic heterocycles. The number of hydroxylamine groups is 1. The number of para-hydroxylation sites is 2. The Morgan fingerprint density at radius 1 is 0.941 bits per heavy atom. The minimum atomic E-state index is -0.104. The maximum atomic E-state index is 15.0. The van der Waals surface area contributed by atoms with Crippen LogP contribution >= 0.6 is 0 Å². The maximum Gasteiger partial charge on any atom is 0.142 e. The number of benzene rings is 2. The number of anilines is 1. The predicted molar refractivity (Wildman–Crippen MR) is 136 cm³/mol.